The van der Waals surface area contributed by atoms with Gasteiger partial charge < -0.3 is 5.32 Å². The van der Waals surface area contributed by atoms with E-state index in [4.69, 9.17) is 11.6 Å². The van der Waals surface area contributed by atoms with E-state index in [0.717, 1.165) is 6.42 Å². The van der Waals surface area contributed by atoms with Crippen molar-refractivity contribution in [3.05, 3.63) is 39.9 Å². The first kappa shape index (κ1) is 14.4. The van der Waals surface area contributed by atoms with Gasteiger partial charge in [-0.3, -0.25) is 14.9 Å². The van der Waals surface area contributed by atoms with E-state index in [0.29, 0.717) is 13.0 Å². The maximum Gasteiger partial charge on any atom is 0.282 e. The van der Waals surface area contributed by atoms with Crippen LogP contribution in [0.25, 0.3) is 0 Å². The molecule has 1 amide bonds. The quantitative estimate of drug-likeness (QED) is 0.491. The predicted molar refractivity (Wildman–Crippen MR) is 70.0 cm³/mol. The summed E-state index contributed by atoms with van der Waals surface area (Å²) in [6, 6.07) is 5.87. The lowest BCUT2D eigenvalue weighted by atomic mass is 10.1. The van der Waals surface area contributed by atoms with Gasteiger partial charge in [-0.05, 0) is 18.9 Å². The lowest BCUT2D eigenvalue weighted by Crippen LogP contribution is -2.26. The van der Waals surface area contributed by atoms with Gasteiger partial charge in [0.1, 0.15) is 5.56 Å². The molecule has 6 heteroatoms. The van der Waals surface area contributed by atoms with Gasteiger partial charge in [0.15, 0.2) is 0 Å². The van der Waals surface area contributed by atoms with Crippen LogP contribution in [-0.2, 0) is 0 Å². The highest BCUT2D eigenvalue weighted by Gasteiger charge is 2.18. The van der Waals surface area contributed by atoms with Crippen molar-refractivity contribution in [3.63, 3.8) is 0 Å². The number of carbonyl (C=O) groups is 1. The van der Waals surface area contributed by atoms with Crippen LogP contribution in [-0.4, -0.2) is 22.8 Å². The lowest BCUT2D eigenvalue weighted by molar-refractivity contribution is -0.385. The van der Waals surface area contributed by atoms with Crippen LogP contribution in [0.1, 0.15) is 30.1 Å². The molecule has 0 spiro atoms. The van der Waals surface area contributed by atoms with Crippen molar-refractivity contribution in [3.8, 4) is 0 Å². The molecule has 0 fully saturated rings. The topological polar surface area (TPSA) is 72.2 Å². The molecule has 1 rings (SSSR count). The second kappa shape index (κ2) is 6.96. The molecule has 0 saturated heterocycles. The second-order valence-electron chi connectivity index (χ2n) is 3.82. The number of hydrogen-bond donors (Lipinski definition) is 1. The van der Waals surface area contributed by atoms with Crippen LogP contribution in [0.15, 0.2) is 24.3 Å². The molecular formula is C12H15ClN2O3. The van der Waals surface area contributed by atoms with Crippen molar-refractivity contribution in [2.45, 2.75) is 25.1 Å². The molecule has 0 aliphatic heterocycles. The van der Waals surface area contributed by atoms with Gasteiger partial charge in [-0.15, -0.1) is 11.6 Å². The van der Waals surface area contributed by atoms with Gasteiger partial charge in [0.05, 0.1) is 4.92 Å². The van der Waals surface area contributed by atoms with Crippen LogP contribution in [0.5, 0.6) is 0 Å². The Morgan fingerprint density at radius 3 is 2.78 bits per heavy atom. The van der Waals surface area contributed by atoms with Crippen molar-refractivity contribution in [2.75, 3.05) is 6.54 Å². The maximum absolute atomic E-state index is 11.8. The second-order valence-corrected chi connectivity index (χ2v) is 4.44. The molecule has 0 aliphatic carbocycles. The number of para-hydroxylation sites is 1. The van der Waals surface area contributed by atoms with Crippen LogP contribution in [0.3, 0.4) is 0 Å². The maximum atomic E-state index is 11.8. The van der Waals surface area contributed by atoms with Gasteiger partial charge in [0.2, 0.25) is 0 Å². The Morgan fingerprint density at radius 1 is 1.50 bits per heavy atom. The molecule has 0 radical (unpaired) electrons. The third kappa shape index (κ3) is 4.00. The average molecular weight is 271 g/mol. The van der Waals surface area contributed by atoms with Gasteiger partial charge in [0, 0.05) is 18.0 Å². The zero-order chi connectivity index (χ0) is 13.5. The molecule has 1 unspecified atom stereocenters. The van der Waals surface area contributed by atoms with E-state index < -0.39 is 10.8 Å². The van der Waals surface area contributed by atoms with Gasteiger partial charge in [-0.25, -0.2) is 0 Å². The SMILES string of the molecule is CCC(Cl)CCNC(=O)c1ccccc1[N+](=O)[O-]. The Kier molecular flexibility index (Phi) is 5.58. The van der Waals surface area contributed by atoms with Gasteiger partial charge in [-0.2, -0.15) is 0 Å². The molecule has 1 aromatic carbocycles. The van der Waals surface area contributed by atoms with Crippen LogP contribution >= 0.6 is 11.6 Å². The summed E-state index contributed by atoms with van der Waals surface area (Å²) in [7, 11) is 0. The molecule has 1 N–H and O–H groups in total. The zero-order valence-corrected chi connectivity index (χ0v) is 10.8. The average Bonchev–Trinajstić information content (AvgIpc) is 2.38. The van der Waals surface area contributed by atoms with Crippen molar-refractivity contribution in [1.29, 1.82) is 0 Å². The minimum atomic E-state index is -0.564. The molecule has 98 valence electrons. The smallest absolute Gasteiger partial charge is 0.282 e. The summed E-state index contributed by atoms with van der Waals surface area (Å²) in [6.45, 7) is 2.37. The number of nitrogens with one attached hydrogen (secondary N) is 1. The summed E-state index contributed by atoms with van der Waals surface area (Å²) in [4.78, 5) is 22.0. The largest absolute Gasteiger partial charge is 0.352 e. The minimum Gasteiger partial charge on any atom is -0.352 e. The van der Waals surface area contributed by atoms with E-state index in [1.165, 1.54) is 18.2 Å². The fourth-order valence-electron chi connectivity index (χ4n) is 1.47. The van der Waals surface area contributed by atoms with Crippen molar-refractivity contribution in [2.24, 2.45) is 0 Å². The summed E-state index contributed by atoms with van der Waals surface area (Å²) in [5.74, 6) is -0.442. The summed E-state index contributed by atoms with van der Waals surface area (Å²) < 4.78 is 0. The number of rotatable bonds is 6. The highest BCUT2D eigenvalue weighted by molar-refractivity contribution is 6.20. The highest BCUT2D eigenvalue weighted by atomic mass is 35.5. The number of halogens is 1. The number of nitro benzene ring substituents is 1. The van der Waals surface area contributed by atoms with E-state index in [-0.39, 0.29) is 16.6 Å². The summed E-state index contributed by atoms with van der Waals surface area (Å²) in [5, 5.41) is 13.4. The van der Waals surface area contributed by atoms with Gasteiger partial charge >= 0.3 is 0 Å². The van der Waals surface area contributed by atoms with Crippen LogP contribution in [0.4, 0.5) is 5.69 Å². The van der Waals surface area contributed by atoms with E-state index in [9.17, 15) is 14.9 Å². The molecule has 18 heavy (non-hydrogen) atoms. The molecule has 5 nitrogen and oxygen atoms in total. The monoisotopic (exact) mass is 270 g/mol. The van der Waals surface area contributed by atoms with Gasteiger partial charge in [0.25, 0.3) is 11.6 Å². The molecule has 0 bridgehead atoms. The number of hydrogen-bond acceptors (Lipinski definition) is 3. The molecule has 0 aliphatic rings. The molecular weight excluding hydrogens is 256 g/mol. The fraction of sp³-hybridized carbons (Fsp3) is 0.417. The first-order chi connectivity index (χ1) is 8.56. The van der Waals surface area contributed by atoms with Crippen molar-refractivity contribution < 1.29 is 9.72 Å². The van der Waals surface area contributed by atoms with Gasteiger partial charge in [-0.1, -0.05) is 19.1 Å². The van der Waals surface area contributed by atoms with Crippen molar-refractivity contribution in [1.82, 2.24) is 5.32 Å². The Labute approximate surface area is 110 Å². The Hall–Kier alpha value is -1.62. The Balaban J connectivity index is 2.64. The first-order valence-corrected chi connectivity index (χ1v) is 6.15. The van der Waals surface area contributed by atoms with Crippen LogP contribution < -0.4 is 5.32 Å². The number of nitro groups is 1. The molecule has 0 heterocycles. The minimum absolute atomic E-state index is 0.0102. The number of amides is 1. The lowest BCUT2D eigenvalue weighted by Gasteiger charge is -2.08. The van der Waals surface area contributed by atoms with E-state index >= 15 is 0 Å². The van der Waals surface area contributed by atoms with Crippen LogP contribution in [0.2, 0.25) is 0 Å². The van der Waals surface area contributed by atoms with E-state index in [1.807, 2.05) is 6.92 Å². The molecule has 0 aromatic heterocycles. The Morgan fingerprint density at radius 2 is 2.17 bits per heavy atom. The fourth-order valence-corrected chi connectivity index (χ4v) is 1.58. The van der Waals surface area contributed by atoms with E-state index in [2.05, 4.69) is 5.32 Å². The summed E-state index contributed by atoms with van der Waals surface area (Å²) >= 11 is 5.92. The predicted octanol–water partition coefficient (Wildman–Crippen LogP) is 2.73. The zero-order valence-electron chi connectivity index (χ0n) is 10.1. The highest BCUT2D eigenvalue weighted by Crippen LogP contribution is 2.17. The third-order valence-electron chi connectivity index (χ3n) is 2.53. The standard InChI is InChI=1S/C12H15ClN2O3/c1-2-9(13)7-8-14-12(16)10-5-3-4-6-11(10)15(17)18/h3-6,9H,2,7-8H2,1H3,(H,14,16). The molecule has 1 atom stereocenters. The Bertz CT molecular complexity index is 437. The summed E-state index contributed by atoms with van der Waals surface area (Å²) in [5.41, 5.74) is -0.113. The van der Waals surface area contributed by atoms with E-state index in [1.54, 1.807) is 6.07 Å². The van der Waals surface area contributed by atoms with Crippen LogP contribution in [0, 0.1) is 10.1 Å². The molecule has 0 saturated carbocycles. The number of carbonyl (C=O) groups excluding carboxylic acids is 1. The number of benzene rings is 1. The summed E-state index contributed by atoms with van der Waals surface area (Å²) in [6.07, 6.45) is 1.47. The number of alkyl halides is 1. The molecule has 1 aromatic rings. The number of nitrogens with zero attached hydrogens (tertiary/aromatic N) is 1. The normalized spacial score (nSPS) is 11.9. The third-order valence-corrected chi connectivity index (χ3v) is 3.06. The first-order valence-electron chi connectivity index (χ1n) is 5.72. The van der Waals surface area contributed by atoms with Crippen molar-refractivity contribution >= 4 is 23.2 Å².